The van der Waals surface area contributed by atoms with Gasteiger partial charge in [-0.05, 0) is 19.1 Å². The van der Waals surface area contributed by atoms with Gasteiger partial charge in [0.1, 0.15) is 6.54 Å². The van der Waals surface area contributed by atoms with E-state index < -0.39 is 18.4 Å². The summed E-state index contributed by atoms with van der Waals surface area (Å²) in [5, 5.41) is 12.9. The van der Waals surface area contributed by atoms with Crippen LogP contribution in [0, 0.1) is 6.92 Å². The lowest BCUT2D eigenvalue weighted by Gasteiger charge is -2.03. The van der Waals surface area contributed by atoms with Crippen LogP contribution in [-0.4, -0.2) is 36.0 Å². The molecule has 0 aliphatic heterocycles. The summed E-state index contributed by atoms with van der Waals surface area (Å²) < 4.78 is 0. The first-order valence-electron chi connectivity index (χ1n) is 4.82. The van der Waals surface area contributed by atoms with Gasteiger partial charge in [-0.3, -0.25) is 14.4 Å². The maximum atomic E-state index is 11.5. The molecule has 0 saturated heterocycles. The third-order valence-electron chi connectivity index (χ3n) is 1.81. The van der Waals surface area contributed by atoms with Gasteiger partial charge in [-0.15, -0.1) is 11.3 Å². The Morgan fingerprint density at radius 2 is 1.94 bits per heavy atom. The number of carbonyl (C=O) groups is 3. The molecular weight excluding hydrogens is 244 g/mol. The van der Waals surface area contributed by atoms with Crippen LogP contribution in [0.2, 0.25) is 0 Å². The number of hydrogen-bond acceptors (Lipinski definition) is 4. The SMILES string of the molecule is Cc1ccc(C(=O)NCC(=O)NCC(=O)O)s1. The van der Waals surface area contributed by atoms with E-state index >= 15 is 0 Å². The van der Waals surface area contributed by atoms with E-state index in [4.69, 9.17) is 5.11 Å². The van der Waals surface area contributed by atoms with Crippen LogP contribution in [-0.2, 0) is 9.59 Å². The van der Waals surface area contributed by atoms with E-state index in [1.165, 1.54) is 11.3 Å². The van der Waals surface area contributed by atoms with Crippen molar-refractivity contribution in [3.05, 3.63) is 21.9 Å². The van der Waals surface area contributed by atoms with Crippen molar-refractivity contribution in [1.29, 1.82) is 0 Å². The van der Waals surface area contributed by atoms with Crippen LogP contribution in [0.25, 0.3) is 0 Å². The van der Waals surface area contributed by atoms with Gasteiger partial charge < -0.3 is 15.7 Å². The number of amides is 2. The maximum absolute atomic E-state index is 11.5. The molecule has 0 radical (unpaired) electrons. The average Bonchev–Trinajstić information content (AvgIpc) is 2.70. The number of aryl methyl sites for hydroxylation is 1. The van der Waals surface area contributed by atoms with Crippen molar-refractivity contribution < 1.29 is 19.5 Å². The Morgan fingerprint density at radius 1 is 1.24 bits per heavy atom. The fourth-order valence-corrected chi connectivity index (χ4v) is 1.82. The number of thiophene rings is 1. The zero-order chi connectivity index (χ0) is 12.8. The standard InChI is InChI=1S/C10H12N2O4S/c1-6-2-3-7(17-6)10(16)12-4-8(13)11-5-9(14)15/h2-3H,4-5H2,1H3,(H,11,13)(H,12,16)(H,14,15). The number of rotatable bonds is 5. The summed E-state index contributed by atoms with van der Waals surface area (Å²) in [6.07, 6.45) is 0. The summed E-state index contributed by atoms with van der Waals surface area (Å²) in [5.41, 5.74) is 0. The van der Waals surface area contributed by atoms with Crippen LogP contribution in [0.1, 0.15) is 14.5 Å². The van der Waals surface area contributed by atoms with Gasteiger partial charge in [0.15, 0.2) is 0 Å². The average molecular weight is 256 g/mol. The molecule has 0 unspecified atom stereocenters. The Morgan fingerprint density at radius 3 is 2.47 bits per heavy atom. The van der Waals surface area contributed by atoms with Crippen molar-refractivity contribution in [3.63, 3.8) is 0 Å². The van der Waals surface area contributed by atoms with Crippen molar-refractivity contribution in [2.75, 3.05) is 13.1 Å². The Labute approximate surface area is 102 Å². The van der Waals surface area contributed by atoms with Gasteiger partial charge in [-0.25, -0.2) is 0 Å². The number of hydrogen-bond donors (Lipinski definition) is 3. The van der Waals surface area contributed by atoms with Crippen LogP contribution >= 0.6 is 11.3 Å². The number of carboxylic acid groups (broad SMARTS) is 1. The van der Waals surface area contributed by atoms with Crippen LogP contribution in [0.3, 0.4) is 0 Å². The van der Waals surface area contributed by atoms with Crippen molar-refractivity contribution in [3.8, 4) is 0 Å². The molecule has 7 heteroatoms. The minimum atomic E-state index is -1.13. The van der Waals surface area contributed by atoms with E-state index in [2.05, 4.69) is 10.6 Å². The molecule has 1 aromatic rings. The second-order valence-corrected chi connectivity index (χ2v) is 4.55. The highest BCUT2D eigenvalue weighted by Gasteiger charge is 2.10. The Bertz CT molecular complexity index is 441. The number of nitrogens with one attached hydrogen (secondary N) is 2. The minimum absolute atomic E-state index is 0.233. The van der Waals surface area contributed by atoms with E-state index in [0.29, 0.717) is 4.88 Å². The monoisotopic (exact) mass is 256 g/mol. The Hall–Kier alpha value is -1.89. The highest BCUT2D eigenvalue weighted by Crippen LogP contribution is 2.14. The van der Waals surface area contributed by atoms with E-state index in [0.717, 1.165) is 4.88 Å². The molecule has 0 aromatic carbocycles. The number of carbonyl (C=O) groups excluding carboxylic acids is 2. The molecule has 3 N–H and O–H groups in total. The normalized spacial score (nSPS) is 9.71. The quantitative estimate of drug-likeness (QED) is 0.690. The molecule has 1 aromatic heterocycles. The molecule has 0 saturated carbocycles. The van der Waals surface area contributed by atoms with Crippen molar-refractivity contribution >= 4 is 29.1 Å². The van der Waals surface area contributed by atoms with Crippen LogP contribution < -0.4 is 10.6 Å². The lowest BCUT2D eigenvalue weighted by molar-refractivity contribution is -0.137. The highest BCUT2D eigenvalue weighted by atomic mass is 32.1. The lowest BCUT2D eigenvalue weighted by Crippen LogP contribution is -2.38. The van der Waals surface area contributed by atoms with Gasteiger partial charge >= 0.3 is 5.97 Å². The largest absolute Gasteiger partial charge is 0.480 e. The molecule has 0 aliphatic rings. The molecule has 0 bridgehead atoms. The van der Waals surface area contributed by atoms with E-state index in [-0.39, 0.29) is 12.5 Å². The maximum Gasteiger partial charge on any atom is 0.322 e. The summed E-state index contributed by atoms with van der Waals surface area (Å²) in [6.45, 7) is 1.19. The smallest absolute Gasteiger partial charge is 0.322 e. The molecule has 0 fully saturated rings. The topological polar surface area (TPSA) is 95.5 Å². The molecule has 92 valence electrons. The first-order chi connectivity index (χ1) is 7.99. The Kier molecular flexibility index (Phi) is 4.65. The minimum Gasteiger partial charge on any atom is -0.480 e. The molecule has 0 aliphatic carbocycles. The predicted octanol–water partition coefficient (Wildman–Crippen LogP) is -0.0129. The second-order valence-electron chi connectivity index (χ2n) is 3.26. The van der Waals surface area contributed by atoms with Crippen molar-refractivity contribution in [2.24, 2.45) is 0 Å². The summed E-state index contributed by atoms with van der Waals surface area (Å²) >= 11 is 1.33. The highest BCUT2D eigenvalue weighted by molar-refractivity contribution is 7.13. The van der Waals surface area contributed by atoms with Gasteiger partial charge in [0.05, 0.1) is 11.4 Å². The van der Waals surface area contributed by atoms with E-state index in [1.807, 2.05) is 13.0 Å². The molecule has 17 heavy (non-hydrogen) atoms. The van der Waals surface area contributed by atoms with E-state index in [9.17, 15) is 14.4 Å². The van der Waals surface area contributed by atoms with E-state index in [1.54, 1.807) is 6.07 Å². The van der Waals surface area contributed by atoms with Crippen LogP contribution in [0.4, 0.5) is 0 Å². The molecule has 1 heterocycles. The fraction of sp³-hybridized carbons (Fsp3) is 0.300. The summed E-state index contributed by atoms with van der Waals surface area (Å²) in [6, 6.07) is 3.48. The molecule has 6 nitrogen and oxygen atoms in total. The molecule has 1 rings (SSSR count). The van der Waals surface area contributed by atoms with Gasteiger partial charge in [-0.2, -0.15) is 0 Å². The summed E-state index contributed by atoms with van der Waals surface area (Å²) in [5.74, 6) is -2.00. The third kappa shape index (κ3) is 4.64. The van der Waals surface area contributed by atoms with Crippen LogP contribution in [0.5, 0.6) is 0 Å². The predicted molar refractivity (Wildman–Crippen MR) is 62.0 cm³/mol. The first-order valence-corrected chi connectivity index (χ1v) is 5.64. The van der Waals surface area contributed by atoms with Crippen LogP contribution in [0.15, 0.2) is 12.1 Å². The summed E-state index contributed by atoms with van der Waals surface area (Å²) in [4.78, 5) is 34.3. The Balaban J connectivity index is 2.33. The first kappa shape index (κ1) is 13.2. The molecule has 2 amide bonds. The molecule has 0 atom stereocenters. The zero-order valence-corrected chi connectivity index (χ0v) is 9.97. The zero-order valence-electron chi connectivity index (χ0n) is 9.15. The van der Waals surface area contributed by atoms with Gasteiger partial charge in [0, 0.05) is 4.88 Å². The van der Waals surface area contributed by atoms with Crippen molar-refractivity contribution in [2.45, 2.75) is 6.92 Å². The molecule has 0 spiro atoms. The van der Waals surface area contributed by atoms with Gasteiger partial charge in [0.2, 0.25) is 5.91 Å². The fourth-order valence-electron chi connectivity index (χ4n) is 1.04. The lowest BCUT2D eigenvalue weighted by atomic mass is 10.4. The van der Waals surface area contributed by atoms with Gasteiger partial charge in [-0.1, -0.05) is 0 Å². The second kappa shape index (κ2) is 6.00. The van der Waals surface area contributed by atoms with Gasteiger partial charge in [0.25, 0.3) is 5.91 Å². The van der Waals surface area contributed by atoms with Crippen molar-refractivity contribution in [1.82, 2.24) is 10.6 Å². The number of carboxylic acids is 1. The summed E-state index contributed by atoms with van der Waals surface area (Å²) in [7, 11) is 0. The number of aliphatic carboxylic acids is 1. The third-order valence-corrected chi connectivity index (χ3v) is 2.81. The molecular formula is C10H12N2O4S.